The minimum atomic E-state index is 0.425. The maximum absolute atomic E-state index is 5.42. The van der Waals surface area contributed by atoms with E-state index in [1.165, 1.54) is 19.3 Å². The predicted molar refractivity (Wildman–Crippen MR) is 52.2 cm³/mol. The van der Waals surface area contributed by atoms with E-state index >= 15 is 0 Å². The summed E-state index contributed by atoms with van der Waals surface area (Å²) in [5.74, 6) is 1.08. The lowest BCUT2D eigenvalue weighted by molar-refractivity contribution is 0.275. The molecule has 1 aromatic rings. The van der Waals surface area contributed by atoms with Gasteiger partial charge in [0.25, 0.3) is 0 Å². The van der Waals surface area contributed by atoms with Gasteiger partial charge in [0.2, 0.25) is 0 Å². The van der Waals surface area contributed by atoms with E-state index in [2.05, 4.69) is 30.3 Å². The van der Waals surface area contributed by atoms with Crippen LogP contribution in [-0.2, 0) is 0 Å². The van der Waals surface area contributed by atoms with Gasteiger partial charge in [0.15, 0.2) is 0 Å². The van der Waals surface area contributed by atoms with Crippen LogP contribution in [0.1, 0.15) is 31.1 Å². The van der Waals surface area contributed by atoms with Crippen molar-refractivity contribution in [3.05, 3.63) is 36.4 Å². The van der Waals surface area contributed by atoms with E-state index in [1.807, 2.05) is 6.07 Å². The van der Waals surface area contributed by atoms with Crippen LogP contribution in [0.25, 0.3) is 0 Å². The van der Waals surface area contributed by atoms with Gasteiger partial charge in [-0.05, 0) is 37.6 Å². The first-order valence-electron chi connectivity index (χ1n) is 4.80. The fourth-order valence-electron chi connectivity index (χ4n) is 1.80. The van der Waals surface area contributed by atoms with Gasteiger partial charge in [-0.25, -0.2) is 0 Å². The molecule has 2 heterocycles. The average molecular weight is 177 g/mol. The van der Waals surface area contributed by atoms with Crippen LogP contribution in [-0.4, -0.2) is 11.9 Å². The molecule has 13 heavy (non-hydrogen) atoms. The van der Waals surface area contributed by atoms with Crippen LogP contribution in [0, 0.1) is 0 Å². The molecule has 2 heteroatoms. The molecule has 1 atom stereocenters. The Kier molecular flexibility index (Phi) is 2.39. The first kappa shape index (κ1) is 8.42. The molecule has 0 amide bonds. The van der Waals surface area contributed by atoms with Crippen LogP contribution in [0.2, 0.25) is 0 Å². The van der Waals surface area contributed by atoms with Gasteiger partial charge < -0.3 is 9.32 Å². The number of nitrogens with zero attached hydrogens (tertiary/aromatic N) is 1. The molecule has 1 aromatic heterocycles. The SMILES string of the molecule is CN1C=CCCCC1c1ccco1. The minimum absolute atomic E-state index is 0.425. The summed E-state index contributed by atoms with van der Waals surface area (Å²) < 4.78 is 5.42. The van der Waals surface area contributed by atoms with E-state index in [4.69, 9.17) is 4.42 Å². The van der Waals surface area contributed by atoms with Crippen molar-refractivity contribution in [2.75, 3.05) is 7.05 Å². The highest BCUT2D eigenvalue weighted by molar-refractivity contribution is 5.07. The predicted octanol–water partition coefficient (Wildman–Crippen LogP) is 2.95. The molecule has 1 aliphatic rings. The summed E-state index contributed by atoms with van der Waals surface area (Å²) in [7, 11) is 2.11. The molecular weight excluding hydrogens is 162 g/mol. The van der Waals surface area contributed by atoms with E-state index in [0.717, 1.165) is 5.76 Å². The van der Waals surface area contributed by atoms with E-state index < -0.39 is 0 Å². The van der Waals surface area contributed by atoms with E-state index in [9.17, 15) is 0 Å². The van der Waals surface area contributed by atoms with Crippen molar-refractivity contribution in [1.29, 1.82) is 0 Å². The summed E-state index contributed by atoms with van der Waals surface area (Å²) in [6.45, 7) is 0. The Bertz CT molecular complexity index is 276. The van der Waals surface area contributed by atoms with E-state index in [0.29, 0.717) is 6.04 Å². The van der Waals surface area contributed by atoms with Crippen molar-refractivity contribution in [3.8, 4) is 0 Å². The molecule has 0 N–H and O–H groups in total. The summed E-state index contributed by atoms with van der Waals surface area (Å²) in [6.07, 6.45) is 9.73. The molecule has 0 aromatic carbocycles. The zero-order valence-corrected chi connectivity index (χ0v) is 7.94. The quantitative estimate of drug-likeness (QED) is 0.655. The Morgan fingerprint density at radius 3 is 3.23 bits per heavy atom. The van der Waals surface area contributed by atoms with Gasteiger partial charge >= 0.3 is 0 Å². The lowest BCUT2D eigenvalue weighted by atomic mass is 10.1. The highest BCUT2D eigenvalue weighted by Crippen LogP contribution is 2.27. The van der Waals surface area contributed by atoms with Gasteiger partial charge in [-0.15, -0.1) is 0 Å². The molecule has 2 rings (SSSR count). The smallest absolute Gasteiger partial charge is 0.126 e. The van der Waals surface area contributed by atoms with Crippen LogP contribution in [0.5, 0.6) is 0 Å². The van der Waals surface area contributed by atoms with Crippen molar-refractivity contribution >= 4 is 0 Å². The third-order valence-corrected chi connectivity index (χ3v) is 2.55. The van der Waals surface area contributed by atoms with Gasteiger partial charge in [0.1, 0.15) is 5.76 Å². The summed E-state index contributed by atoms with van der Waals surface area (Å²) in [4.78, 5) is 2.23. The van der Waals surface area contributed by atoms with Gasteiger partial charge in [-0.1, -0.05) is 6.08 Å². The first-order valence-corrected chi connectivity index (χ1v) is 4.80. The van der Waals surface area contributed by atoms with Gasteiger partial charge in [-0.3, -0.25) is 0 Å². The molecule has 0 saturated carbocycles. The Hall–Kier alpha value is -1.18. The van der Waals surface area contributed by atoms with Crippen molar-refractivity contribution in [3.63, 3.8) is 0 Å². The van der Waals surface area contributed by atoms with Crippen molar-refractivity contribution in [2.24, 2.45) is 0 Å². The lowest BCUT2D eigenvalue weighted by Crippen LogP contribution is -2.17. The molecule has 0 fully saturated rings. The van der Waals surface area contributed by atoms with Crippen LogP contribution in [0.3, 0.4) is 0 Å². The van der Waals surface area contributed by atoms with Gasteiger partial charge in [-0.2, -0.15) is 0 Å². The second-order valence-electron chi connectivity index (χ2n) is 3.51. The molecule has 2 nitrogen and oxygen atoms in total. The second-order valence-corrected chi connectivity index (χ2v) is 3.51. The monoisotopic (exact) mass is 177 g/mol. The maximum Gasteiger partial charge on any atom is 0.126 e. The van der Waals surface area contributed by atoms with Crippen molar-refractivity contribution in [2.45, 2.75) is 25.3 Å². The molecule has 0 radical (unpaired) electrons. The standard InChI is InChI=1S/C11H15NO/c1-12-8-4-2-3-6-10(12)11-7-5-9-13-11/h4-5,7-10H,2-3,6H2,1H3. The number of furan rings is 1. The molecule has 1 aliphatic heterocycles. The molecule has 1 unspecified atom stereocenters. The zero-order valence-electron chi connectivity index (χ0n) is 7.94. The highest BCUT2D eigenvalue weighted by atomic mass is 16.3. The lowest BCUT2D eigenvalue weighted by Gasteiger charge is -2.23. The normalized spacial score (nSPS) is 23.2. The zero-order chi connectivity index (χ0) is 9.10. The third kappa shape index (κ3) is 1.77. The van der Waals surface area contributed by atoms with Crippen LogP contribution >= 0.6 is 0 Å². The van der Waals surface area contributed by atoms with Crippen LogP contribution < -0.4 is 0 Å². The van der Waals surface area contributed by atoms with Gasteiger partial charge in [0, 0.05) is 7.05 Å². The van der Waals surface area contributed by atoms with Crippen molar-refractivity contribution in [1.82, 2.24) is 4.90 Å². The Morgan fingerprint density at radius 1 is 1.54 bits per heavy atom. The largest absolute Gasteiger partial charge is 0.467 e. The number of hydrogen-bond acceptors (Lipinski definition) is 2. The Labute approximate surface area is 78.8 Å². The summed E-state index contributed by atoms with van der Waals surface area (Å²) >= 11 is 0. The highest BCUT2D eigenvalue weighted by Gasteiger charge is 2.17. The molecule has 70 valence electrons. The third-order valence-electron chi connectivity index (χ3n) is 2.55. The van der Waals surface area contributed by atoms with Gasteiger partial charge in [0.05, 0.1) is 12.3 Å². The molecule has 0 saturated heterocycles. The number of hydrogen-bond donors (Lipinski definition) is 0. The number of allylic oxidation sites excluding steroid dienone is 1. The fraction of sp³-hybridized carbons (Fsp3) is 0.455. The Balaban J connectivity index is 2.17. The fourth-order valence-corrected chi connectivity index (χ4v) is 1.80. The molecule has 0 bridgehead atoms. The summed E-state index contributed by atoms with van der Waals surface area (Å²) in [5.41, 5.74) is 0. The first-order chi connectivity index (χ1) is 6.38. The molecule has 0 aliphatic carbocycles. The van der Waals surface area contributed by atoms with Crippen molar-refractivity contribution < 1.29 is 4.42 Å². The van der Waals surface area contributed by atoms with Crippen LogP contribution in [0.15, 0.2) is 35.1 Å². The molecular formula is C11H15NO. The number of rotatable bonds is 1. The van der Waals surface area contributed by atoms with E-state index in [-0.39, 0.29) is 0 Å². The average Bonchev–Trinajstić information content (AvgIpc) is 2.56. The summed E-state index contributed by atoms with van der Waals surface area (Å²) in [5, 5.41) is 0. The second kappa shape index (κ2) is 3.69. The maximum atomic E-state index is 5.42. The van der Waals surface area contributed by atoms with Crippen LogP contribution in [0.4, 0.5) is 0 Å². The summed E-state index contributed by atoms with van der Waals surface area (Å²) in [6, 6.07) is 4.44. The Morgan fingerprint density at radius 2 is 2.46 bits per heavy atom. The van der Waals surface area contributed by atoms with E-state index in [1.54, 1.807) is 6.26 Å². The minimum Gasteiger partial charge on any atom is -0.467 e. The topological polar surface area (TPSA) is 16.4 Å². The molecule has 0 spiro atoms.